The SMILES string of the molecule is COc1cc(C(=O)NCCCOc2cccc(Oc3ccc(N4C(=S)N(c5ccc(C#N)c(C(F)(F)F)c5)C(=O)C4(C)C)cc3)c2)ccc1NC(=O)C1NC(CC(C)(C)C)C(C#N)(c2ccc(Cl)cc2F)C1c1cccc(Cl)c1F. The molecule has 0 aromatic heterocycles. The number of ether oxygens (including phenoxy) is 3. The Hall–Kier alpha value is -7.81. The third-order valence-corrected chi connectivity index (χ3v) is 14.7. The number of nitrogens with zero attached hydrogens (tertiary/aromatic N) is 4. The van der Waals surface area contributed by atoms with Crippen LogP contribution >= 0.6 is 35.4 Å². The number of alkyl halides is 3. The number of hydrogen-bond acceptors (Lipinski definition) is 10. The largest absolute Gasteiger partial charge is 0.495 e. The molecule has 2 heterocycles. The van der Waals surface area contributed by atoms with Gasteiger partial charge in [-0.05, 0) is 141 Å². The molecule has 0 radical (unpaired) electrons. The molecular weight excluding hydrogens is 1100 g/mol. The summed E-state index contributed by atoms with van der Waals surface area (Å²) in [7, 11) is 1.36. The Morgan fingerprint density at radius 2 is 1.56 bits per heavy atom. The van der Waals surface area contributed by atoms with E-state index in [4.69, 9.17) is 49.6 Å². The molecule has 0 spiro atoms. The van der Waals surface area contributed by atoms with Crippen molar-refractivity contribution in [2.24, 2.45) is 5.41 Å². The smallest absolute Gasteiger partial charge is 0.417 e. The number of nitrogens with one attached hydrogen (secondary N) is 3. The summed E-state index contributed by atoms with van der Waals surface area (Å²) in [4.78, 5) is 44.2. The lowest BCUT2D eigenvalue weighted by molar-refractivity contribution is -0.137. The van der Waals surface area contributed by atoms with Crippen LogP contribution in [-0.2, 0) is 21.2 Å². The van der Waals surface area contributed by atoms with E-state index in [2.05, 4.69) is 22.0 Å². The minimum Gasteiger partial charge on any atom is -0.495 e. The maximum absolute atomic E-state index is 16.2. The molecule has 8 rings (SSSR count). The van der Waals surface area contributed by atoms with Crippen molar-refractivity contribution in [2.75, 3.05) is 35.4 Å². The fourth-order valence-electron chi connectivity index (χ4n) is 10.2. The zero-order valence-corrected chi connectivity index (χ0v) is 46.2. The molecule has 2 aliphatic rings. The number of anilines is 3. The Morgan fingerprint density at radius 1 is 0.863 bits per heavy atom. The van der Waals surface area contributed by atoms with Gasteiger partial charge in [-0.3, -0.25) is 19.3 Å². The summed E-state index contributed by atoms with van der Waals surface area (Å²) in [5.41, 5.74) is -4.78. The van der Waals surface area contributed by atoms with Crippen LogP contribution in [0.1, 0.15) is 86.0 Å². The zero-order chi connectivity index (χ0) is 58.1. The summed E-state index contributed by atoms with van der Waals surface area (Å²) in [6.45, 7) is 9.41. The van der Waals surface area contributed by atoms with Crippen molar-refractivity contribution in [1.82, 2.24) is 10.6 Å². The fraction of sp³-hybridized carbons (Fsp3) is 0.288. The highest BCUT2D eigenvalue weighted by molar-refractivity contribution is 7.81. The lowest BCUT2D eigenvalue weighted by atomic mass is 9.62. The molecule has 21 heteroatoms. The van der Waals surface area contributed by atoms with Gasteiger partial charge in [0.2, 0.25) is 5.91 Å². The van der Waals surface area contributed by atoms with E-state index >= 15 is 8.78 Å². The van der Waals surface area contributed by atoms with Crippen molar-refractivity contribution in [2.45, 2.75) is 82.6 Å². The maximum Gasteiger partial charge on any atom is 0.417 e. The van der Waals surface area contributed by atoms with Crippen molar-refractivity contribution in [3.8, 4) is 35.1 Å². The average molecular weight is 1150 g/mol. The zero-order valence-electron chi connectivity index (χ0n) is 43.9. The van der Waals surface area contributed by atoms with Gasteiger partial charge in [0.25, 0.3) is 11.8 Å². The van der Waals surface area contributed by atoms with Crippen molar-refractivity contribution in [3.63, 3.8) is 0 Å². The molecule has 2 saturated heterocycles. The van der Waals surface area contributed by atoms with Crippen molar-refractivity contribution < 1.29 is 50.5 Å². The molecule has 4 atom stereocenters. The summed E-state index contributed by atoms with van der Waals surface area (Å²) >= 11 is 18.1. The van der Waals surface area contributed by atoms with Crippen molar-refractivity contribution in [3.05, 3.63) is 171 Å². The number of hydrogen-bond donors (Lipinski definition) is 3. The summed E-state index contributed by atoms with van der Waals surface area (Å²) < 4.78 is 91.4. The molecule has 2 fully saturated rings. The molecule has 0 bridgehead atoms. The van der Waals surface area contributed by atoms with Crippen LogP contribution in [0.3, 0.4) is 0 Å². The van der Waals surface area contributed by atoms with Gasteiger partial charge in [-0.1, -0.05) is 68.2 Å². The number of carbonyl (C=O) groups is 3. The molecule has 2 aliphatic heterocycles. The van der Waals surface area contributed by atoms with Crippen LogP contribution in [0.15, 0.2) is 121 Å². The van der Waals surface area contributed by atoms with Crippen molar-refractivity contribution in [1.29, 1.82) is 10.5 Å². The first kappa shape index (κ1) is 58.3. The molecular formula is C59H52Cl2F5N7O6S. The first-order valence-corrected chi connectivity index (χ1v) is 26.1. The molecule has 0 saturated carbocycles. The normalized spacial score (nSPS) is 18.8. The highest BCUT2D eigenvalue weighted by Crippen LogP contribution is 2.53. The fourth-order valence-corrected chi connectivity index (χ4v) is 11.0. The van der Waals surface area contributed by atoms with Crippen molar-refractivity contribution >= 4 is 75.3 Å². The second-order valence-corrected chi connectivity index (χ2v) is 22.0. The van der Waals surface area contributed by atoms with Gasteiger partial charge in [0.05, 0.1) is 59.4 Å². The Balaban J connectivity index is 0.885. The average Bonchev–Trinajstić information content (AvgIpc) is 3.93. The molecule has 6 aromatic rings. The third kappa shape index (κ3) is 11.7. The Labute approximate surface area is 474 Å². The van der Waals surface area contributed by atoms with Crippen LogP contribution in [0.4, 0.5) is 39.0 Å². The standard InChI is InChI=1S/C59H52Cl2F5N7O6S/c1-56(2,3)30-48-58(32-68,42-22-16-35(60)27-45(42)62)49(41-12-8-13-44(61)50(41)63)51(71-48)53(75)70-46-23-15-33(26-47(46)77-6)52(74)69-24-9-25-78-39-10-7-11-40(29-39)79-38-20-18-36(19-21-38)73-55(80)72(54(76)57(73,4)5)37-17-14-34(31-67)43(28-37)59(64,65)66/h7-8,10-23,26-29,48-49,51,71H,9,24-25,30H2,1-6H3,(H,69,74)(H,70,75). The van der Waals surface area contributed by atoms with E-state index in [1.54, 1.807) is 62.4 Å². The van der Waals surface area contributed by atoms with Gasteiger partial charge in [-0.15, -0.1) is 0 Å². The highest BCUT2D eigenvalue weighted by atomic mass is 35.5. The number of nitriles is 2. The summed E-state index contributed by atoms with van der Waals surface area (Å²) in [6.07, 6.45) is -4.17. The van der Waals surface area contributed by atoms with Crippen LogP contribution in [0, 0.1) is 39.7 Å². The quantitative estimate of drug-likeness (QED) is 0.0479. The molecule has 80 heavy (non-hydrogen) atoms. The number of halogens is 7. The summed E-state index contributed by atoms with van der Waals surface area (Å²) in [5.74, 6) is -3.23. The first-order chi connectivity index (χ1) is 37.8. The Kier molecular flexibility index (Phi) is 16.9. The van der Waals surface area contributed by atoms with Gasteiger partial charge < -0.3 is 35.1 Å². The second-order valence-electron chi connectivity index (χ2n) is 20.8. The molecule has 3 amide bonds. The van der Waals surface area contributed by atoms with Crippen LogP contribution in [0.2, 0.25) is 10.0 Å². The number of thiocarbonyl (C=S) groups is 1. The van der Waals surface area contributed by atoms with E-state index in [1.165, 1.54) is 72.7 Å². The van der Waals surface area contributed by atoms with Crippen LogP contribution in [-0.4, -0.2) is 60.7 Å². The molecule has 3 N–H and O–H groups in total. The number of carbonyl (C=O) groups excluding carboxylic acids is 3. The first-order valence-electron chi connectivity index (χ1n) is 25.0. The second kappa shape index (κ2) is 23.1. The topological polar surface area (TPSA) is 169 Å². The molecule has 4 unspecified atom stereocenters. The van der Waals surface area contributed by atoms with E-state index in [0.29, 0.717) is 29.4 Å². The van der Waals surface area contributed by atoms with E-state index in [9.17, 15) is 38.1 Å². The van der Waals surface area contributed by atoms with Gasteiger partial charge in [0.1, 0.15) is 45.6 Å². The predicted molar refractivity (Wildman–Crippen MR) is 297 cm³/mol. The third-order valence-electron chi connectivity index (χ3n) is 13.8. The van der Waals surface area contributed by atoms with Gasteiger partial charge in [0, 0.05) is 46.4 Å². The van der Waals surface area contributed by atoms with Gasteiger partial charge in [-0.25, -0.2) is 8.78 Å². The number of methoxy groups -OCH3 is 1. The predicted octanol–water partition coefficient (Wildman–Crippen LogP) is 13.0. The van der Waals surface area contributed by atoms with Gasteiger partial charge >= 0.3 is 6.18 Å². The molecule has 13 nitrogen and oxygen atoms in total. The Morgan fingerprint density at radius 3 is 2.23 bits per heavy atom. The number of rotatable bonds is 16. The maximum atomic E-state index is 16.2. The number of amides is 3. The van der Waals surface area contributed by atoms with E-state index in [0.717, 1.165) is 23.1 Å². The van der Waals surface area contributed by atoms with Crippen LogP contribution in [0.25, 0.3) is 0 Å². The van der Waals surface area contributed by atoms with Crippen LogP contribution < -0.4 is 40.0 Å². The van der Waals surface area contributed by atoms with Crippen LogP contribution in [0.5, 0.6) is 23.0 Å². The van der Waals surface area contributed by atoms with Gasteiger partial charge in [0.15, 0.2) is 5.11 Å². The lowest BCUT2D eigenvalue weighted by Crippen LogP contribution is -2.45. The highest BCUT2D eigenvalue weighted by Gasteiger charge is 2.61. The summed E-state index contributed by atoms with van der Waals surface area (Å²) in [5, 5.41) is 29.2. The lowest BCUT2D eigenvalue weighted by Gasteiger charge is -2.37. The molecule has 0 aliphatic carbocycles. The summed E-state index contributed by atoms with van der Waals surface area (Å²) in [6, 6.07) is 30.7. The minimum absolute atomic E-state index is 0.0512. The number of benzene rings is 6. The van der Waals surface area contributed by atoms with Gasteiger partial charge in [-0.2, -0.15) is 23.7 Å². The van der Waals surface area contributed by atoms with E-state index in [-0.39, 0.29) is 68.5 Å². The van der Waals surface area contributed by atoms with E-state index < -0.39 is 81.0 Å². The molecule has 6 aromatic carbocycles. The Bertz CT molecular complexity index is 3490. The minimum atomic E-state index is -4.84. The monoisotopic (exact) mass is 1150 g/mol. The molecule has 414 valence electrons. The van der Waals surface area contributed by atoms with E-state index in [1.807, 2.05) is 20.8 Å².